The fourth-order valence-corrected chi connectivity index (χ4v) is 3.67. The number of pyridine rings is 1. The van der Waals surface area contributed by atoms with Crippen molar-refractivity contribution in [3.63, 3.8) is 0 Å². The van der Waals surface area contributed by atoms with Crippen LogP contribution in [0, 0.1) is 5.82 Å². The van der Waals surface area contributed by atoms with E-state index in [1.54, 1.807) is 6.07 Å². The molecule has 0 amide bonds. The van der Waals surface area contributed by atoms with Crippen molar-refractivity contribution in [2.24, 2.45) is 10.7 Å². The van der Waals surface area contributed by atoms with Gasteiger partial charge in [-0.25, -0.2) is 9.38 Å². The molecule has 1 aliphatic heterocycles. The Bertz CT molecular complexity index is 1130. The van der Waals surface area contributed by atoms with Gasteiger partial charge in [0.2, 0.25) is 0 Å². The molecule has 1 saturated heterocycles. The molecule has 4 rings (SSSR count). The van der Waals surface area contributed by atoms with E-state index < -0.39 is 11.4 Å². The summed E-state index contributed by atoms with van der Waals surface area (Å²) in [6.07, 6.45) is 0. The van der Waals surface area contributed by atoms with E-state index in [0.717, 1.165) is 31.9 Å². The maximum absolute atomic E-state index is 14.2. The lowest BCUT2D eigenvalue weighted by Crippen LogP contribution is -3.12. The molecule has 1 aliphatic rings. The average molecular weight is 395 g/mol. The summed E-state index contributed by atoms with van der Waals surface area (Å²) < 4.78 is 14.2. The summed E-state index contributed by atoms with van der Waals surface area (Å²) in [4.78, 5) is 23.3. The summed E-state index contributed by atoms with van der Waals surface area (Å²) in [7, 11) is 2.20. The molecule has 0 atom stereocenters. The summed E-state index contributed by atoms with van der Waals surface area (Å²) in [6.45, 7) is 4.22. The van der Waals surface area contributed by atoms with E-state index in [0.29, 0.717) is 11.2 Å². The number of anilines is 2. The predicted octanol–water partition coefficient (Wildman–Crippen LogP) is 0.621. The van der Waals surface area contributed by atoms with E-state index in [2.05, 4.69) is 21.9 Å². The fourth-order valence-electron chi connectivity index (χ4n) is 3.67. The molecule has 0 aliphatic carbocycles. The topological polar surface area (TPSA) is 105 Å². The van der Waals surface area contributed by atoms with Gasteiger partial charge in [-0.1, -0.05) is 6.07 Å². The maximum atomic E-state index is 14.2. The zero-order valence-electron chi connectivity index (χ0n) is 16.2. The summed E-state index contributed by atoms with van der Waals surface area (Å²) in [5.41, 5.74) is 13.7. The monoisotopic (exact) mass is 395 g/mol. The van der Waals surface area contributed by atoms with Crippen LogP contribution in [0.25, 0.3) is 10.9 Å². The quantitative estimate of drug-likeness (QED) is 0.385. The highest BCUT2D eigenvalue weighted by Gasteiger charge is 2.18. The minimum absolute atomic E-state index is 0.0142. The molecule has 150 valence electrons. The lowest BCUT2D eigenvalue weighted by atomic mass is 10.1. The molecule has 7 nitrogen and oxygen atoms in total. The number of aliphatic imine (C=N–C) groups is 1. The standard InChI is InChI=1S/C21H23FN6O/c1-27-9-11-28(12-10-27)14-7-5-13(6-8-14)25-20(24)18-19(23)17-15(22)3-2-4-16(17)26-21(18)29/h2-8H,9-12H2,1H3,(H2,24,25)(H3,23,26,29)/p+1. The molecule has 0 saturated carbocycles. The molecule has 1 aromatic heterocycles. The number of benzene rings is 2. The number of quaternary nitrogens is 1. The van der Waals surface area contributed by atoms with Gasteiger partial charge in [-0.15, -0.1) is 0 Å². The summed E-state index contributed by atoms with van der Waals surface area (Å²) in [5.74, 6) is -0.575. The zero-order valence-corrected chi connectivity index (χ0v) is 16.2. The number of fused-ring (bicyclic) bond motifs is 1. The number of halogens is 1. The minimum Gasteiger partial charge on any atom is -0.397 e. The van der Waals surface area contributed by atoms with E-state index in [1.165, 1.54) is 17.0 Å². The number of piperazine rings is 1. The van der Waals surface area contributed by atoms with Crippen LogP contribution in [0.5, 0.6) is 0 Å². The molecule has 2 aromatic carbocycles. The van der Waals surface area contributed by atoms with Crippen LogP contribution >= 0.6 is 0 Å². The van der Waals surface area contributed by atoms with Gasteiger partial charge in [0.1, 0.15) is 17.2 Å². The number of H-pyrrole nitrogens is 1. The Morgan fingerprint density at radius 2 is 1.86 bits per heavy atom. The molecule has 0 spiro atoms. The van der Waals surface area contributed by atoms with Gasteiger partial charge >= 0.3 is 0 Å². The van der Waals surface area contributed by atoms with Crippen molar-refractivity contribution in [1.82, 2.24) is 4.98 Å². The first-order chi connectivity index (χ1) is 13.9. The van der Waals surface area contributed by atoms with Crippen LogP contribution in [0.2, 0.25) is 0 Å². The van der Waals surface area contributed by atoms with E-state index in [1.807, 2.05) is 24.3 Å². The first-order valence-electron chi connectivity index (χ1n) is 9.55. The first-order valence-corrected chi connectivity index (χ1v) is 9.55. The third-order valence-electron chi connectivity index (χ3n) is 5.37. The number of likely N-dealkylation sites (N-methyl/N-ethyl adjacent to an activating group) is 1. The third-order valence-corrected chi connectivity index (χ3v) is 5.37. The Morgan fingerprint density at radius 1 is 1.17 bits per heavy atom. The second kappa shape index (κ2) is 7.56. The van der Waals surface area contributed by atoms with Crippen LogP contribution in [-0.2, 0) is 0 Å². The van der Waals surface area contributed by atoms with Crippen LogP contribution in [0.3, 0.4) is 0 Å². The van der Waals surface area contributed by atoms with Crippen LogP contribution in [0.4, 0.5) is 21.5 Å². The number of nitrogens with two attached hydrogens (primary N) is 2. The number of aromatic amines is 1. The number of nitrogens with zero attached hydrogens (tertiary/aromatic N) is 2. The Labute approximate surface area is 167 Å². The highest BCUT2D eigenvalue weighted by atomic mass is 19.1. The molecule has 0 radical (unpaired) electrons. The molecule has 29 heavy (non-hydrogen) atoms. The summed E-state index contributed by atoms with van der Waals surface area (Å²) in [6, 6.07) is 12.0. The molecule has 0 unspecified atom stereocenters. The van der Waals surface area contributed by atoms with Gasteiger partial charge in [0, 0.05) is 5.69 Å². The fraction of sp³-hybridized carbons (Fsp3) is 0.238. The highest BCUT2D eigenvalue weighted by Crippen LogP contribution is 2.25. The number of amidine groups is 1. The van der Waals surface area contributed by atoms with Crippen LogP contribution in [-0.4, -0.2) is 44.0 Å². The summed E-state index contributed by atoms with van der Waals surface area (Å²) >= 11 is 0. The normalized spacial score (nSPS) is 15.8. The minimum atomic E-state index is -0.524. The lowest BCUT2D eigenvalue weighted by molar-refractivity contribution is -0.880. The molecule has 3 aromatic rings. The molecule has 8 heteroatoms. The Kier molecular flexibility index (Phi) is 4.94. The molecular weight excluding hydrogens is 371 g/mol. The lowest BCUT2D eigenvalue weighted by Gasteiger charge is -2.31. The van der Waals surface area contributed by atoms with Crippen molar-refractivity contribution in [2.75, 3.05) is 43.9 Å². The second-order valence-electron chi connectivity index (χ2n) is 7.36. The van der Waals surface area contributed by atoms with Crippen molar-refractivity contribution >= 4 is 33.8 Å². The number of hydrogen-bond acceptors (Lipinski definition) is 4. The van der Waals surface area contributed by atoms with E-state index in [9.17, 15) is 9.18 Å². The van der Waals surface area contributed by atoms with E-state index in [4.69, 9.17) is 11.5 Å². The number of nitrogens with one attached hydrogen (secondary N) is 2. The average Bonchev–Trinajstić information content (AvgIpc) is 2.69. The SMILES string of the molecule is C[NH+]1CCN(c2ccc(N=C(N)c3c(N)c4c(F)cccc4[nH]c3=O)cc2)CC1. The maximum Gasteiger partial charge on any atom is 0.261 e. The highest BCUT2D eigenvalue weighted by molar-refractivity contribution is 6.08. The largest absolute Gasteiger partial charge is 0.397 e. The Balaban J connectivity index is 1.65. The van der Waals surface area contributed by atoms with Crippen LogP contribution < -0.4 is 26.8 Å². The number of nitrogen functional groups attached to an aromatic ring is 1. The van der Waals surface area contributed by atoms with Crippen LogP contribution in [0.15, 0.2) is 52.3 Å². The third kappa shape index (κ3) is 3.66. The van der Waals surface area contributed by atoms with Crippen LogP contribution in [0.1, 0.15) is 5.56 Å². The van der Waals surface area contributed by atoms with Crippen molar-refractivity contribution in [1.29, 1.82) is 0 Å². The van der Waals surface area contributed by atoms with Gasteiger partial charge in [0.15, 0.2) is 0 Å². The second-order valence-corrected chi connectivity index (χ2v) is 7.36. The number of aromatic nitrogens is 1. The van der Waals surface area contributed by atoms with Gasteiger partial charge in [-0.3, -0.25) is 4.79 Å². The van der Waals surface area contributed by atoms with Crippen molar-refractivity contribution < 1.29 is 9.29 Å². The van der Waals surface area contributed by atoms with Gasteiger partial charge in [0.05, 0.1) is 55.5 Å². The Hall–Kier alpha value is -3.39. The van der Waals surface area contributed by atoms with E-state index >= 15 is 0 Å². The summed E-state index contributed by atoms with van der Waals surface area (Å²) in [5, 5.41) is 0.132. The van der Waals surface area contributed by atoms with Gasteiger partial charge in [-0.05, 0) is 36.4 Å². The zero-order chi connectivity index (χ0) is 20.5. The molecule has 6 N–H and O–H groups in total. The molecule has 2 heterocycles. The van der Waals surface area contributed by atoms with Crippen molar-refractivity contribution in [3.8, 4) is 0 Å². The van der Waals surface area contributed by atoms with E-state index in [-0.39, 0.29) is 22.5 Å². The molecular formula is C21H24FN6O+. The van der Waals surface area contributed by atoms with Gasteiger partial charge in [-0.2, -0.15) is 0 Å². The predicted molar refractivity (Wildman–Crippen MR) is 115 cm³/mol. The van der Waals surface area contributed by atoms with Crippen molar-refractivity contribution in [2.45, 2.75) is 0 Å². The van der Waals surface area contributed by atoms with Gasteiger partial charge < -0.3 is 26.3 Å². The van der Waals surface area contributed by atoms with Gasteiger partial charge in [0.25, 0.3) is 5.56 Å². The number of hydrogen-bond donors (Lipinski definition) is 4. The van der Waals surface area contributed by atoms with Crippen molar-refractivity contribution in [3.05, 3.63) is 64.2 Å². The Morgan fingerprint density at radius 3 is 2.55 bits per heavy atom. The smallest absolute Gasteiger partial charge is 0.261 e. The number of rotatable bonds is 3. The molecule has 1 fully saturated rings. The molecule has 0 bridgehead atoms. The first kappa shape index (κ1) is 18.9.